The lowest BCUT2D eigenvalue weighted by molar-refractivity contribution is -0.0460. The summed E-state index contributed by atoms with van der Waals surface area (Å²) in [5, 5.41) is 36.2. The molecule has 0 bridgehead atoms. The summed E-state index contributed by atoms with van der Waals surface area (Å²) in [6.07, 6.45) is 0.943. The van der Waals surface area contributed by atoms with Gasteiger partial charge in [-0.1, -0.05) is 13.8 Å². The first-order valence-corrected chi connectivity index (χ1v) is 5.96. The van der Waals surface area contributed by atoms with Gasteiger partial charge in [-0.25, -0.2) is 0 Å². The van der Waals surface area contributed by atoms with Crippen molar-refractivity contribution in [3.05, 3.63) is 0 Å². The third-order valence-electron chi connectivity index (χ3n) is 3.10. The predicted molar refractivity (Wildman–Crippen MR) is 64.6 cm³/mol. The maximum Gasteiger partial charge on any atom is 0.0542 e. The molecule has 4 N–H and O–H groups in total. The molecule has 0 saturated carbocycles. The Morgan fingerprint density at radius 3 is 1.35 bits per heavy atom. The molecule has 0 heterocycles. The van der Waals surface area contributed by atoms with Crippen molar-refractivity contribution in [2.45, 2.75) is 26.7 Å². The topological polar surface area (TPSA) is 90.2 Å². The van der Waals surface area contributed by atoms with E-state index in [1.54, 1.807) is 0 Å². The van der Waals surface area contributed by atoms with Gasteiger partial charge in [-0.3, -0.25) is 0 Å². The zero-order chi connectivity index (χ0) is 13.4. The molecule has 0 aliphatic heterocycles. The van der Waals surface area contributed by atoms with Gasteiger partial charge in [0.05, 0.1) is 26.4 Å². The summed E-state index contributed by atoms with van der Waals surface area (Å²) in [5.74, 6) is 0. The second-order valence-corrected chi connectivity index (χ2v) is 5.38. The second-order valence-electron chi connectivity index (χ2n) is 5.38. The molecule has 0 radical (unpaired) electrons. The molecule has 0 fully saturated rings. The molecule has 5 heteroatoms. The van der Waals surface area contributed by atoms with Crippen LogP contribution in [-0.4, -0.2) is 60.1 Å². The van der Waals surface area contributed by atoms with Crippen LogP contribution in [0.5, 0.6) is 0 Å². The van der Waals surface area contributed by atoms with E-state index in [0.29, 0.717) is 26.1 Å². The van der Waals surface area contributed by atoms with Crippen molar-refractivity contribution in [1.29, 1.82) is 0 Å². The average Bonchev–Trinajstić information content (AvgIpc) is 2.30. The summed E-state index contributed by atoms with van der Waals surface area (Å²) >= 11 is 0. The van der Waals surface area contributed by atoms with Crippen molar-refractivity contribution >= 4 is 0 Å². The highest BCUT2D eigenvalue weighted by atomic mass is 16.5. The van der Waals surface area contributed by atoms with Crippen LogP contribution in [0.1, 0.15) is 26.7 Å². The molecular formula is C12H26O5. The Balaban J connectivity index is 4.10. The van der Waals surface area contributed by atoms with Crippen LogP contribution in [0, 0.1) is 10.8 Å². The molecular weight excluding hydrogens is 224 g/mol. The average molecular weight is 250 g/mol. The molecule has 0 aromatic heterocycles. The molecule has 0 spiro atoms. The largest absolute Gasteiger partial charge is 0.396 e. The number of aliphatic hydroxyl groups is 4. The van der Waals surface area contributed by atoms with Crippen LogP contribution in [0.2, 0.25) is 0 Å². The molecule has 2 atom stereocenters. The van der Waals surface area contributed by atoms with E-state index in [1.807, 2.05) is 13.8 Å². The third kappa shape index (κ3) is 6.33. The summed E-state index contributed by atoms with van der Waals surface area (Å²) in [4.78, 5) is 0. The summed E-state index contributed by atoms with van der Waals surface area (Å²) in [5.41, 5.74) is -0.908. The lowest BCUT2D eigenvalue weighted by atomic mass is 9.87. The van der Waals surface area contributed by atoms with E-state index in [2.05, 4.69) is 0 Å². The fraction of sp³-hybridized carbons (Fsp3) is 1.00. The lowest BCUT2D eigenvalue weighted by Gasteiger charge is -2.30. The summed E-state index contributed by atoms with van der Waals surface area (Å²) in [7, 11) is 0. The van der Waals surface area contributed by atoms with Gasteiger partial charge < -0.3 is 25.2 Å². The van der Waals surface area contributed by atoms with Crippen molar-refractivity contribution < 1.29 is 25.2 Å². The number of hydrogen-bond donors (Lipinski definition) is 4. The minimum absolute atomic E-state index is 0.00826. The highest BCUT2D eigenvalue weighted by molar-refractivity contribution is 4.76. The SMILES string of the molecule is CC(CO)(CCO)COCC(C)(CO)CCO. The van der Waals surface area contributed by atoms with Gasteiger partial charge in [-0.05, 0) is 12.8 Å². The number of rotatable bonds is 10. The first-order chi connectivity index (χ1) is 7.95. The van der Waals surface area contributed by atoms with Gasteiger partial charge in [0, 0.05) is 24.0 Å². The highest BCUT2D eigenvalue weighted by Crippen LogP contribution is 2.24. The van der Waals surface area contributed by atoms with Crippen molar-refractivity contribution in [2.24, 2.45) is 10.8 Å². The van der Waals surface area contributed by atoms with Gasteiger partial charge in [0.25, 0.3) is 0 Å². The van der Waals surface area contributed by atoms with E-state index in [4.69, 9.17) is 14.9 Å². The van der Waals surface area contributed by atoms with E-state index in [-0.39, 0.29) is 26.4 Å². The molecule has 104 valence electrons. The zero-order valence-corrected chi connectivity index (χ0v) is 10.9. The molecule has 0 aromatic carbocycles. The van der Waals surface area contributed by atoms with E-state index >= 15 is 0 Å². The minimum atomic E-state index is -0.454. The molecule has 5 nitrogen and oxygen atoms in total. The number of aliphatic hydroxyl groups excluding tert-OH is 4. The smallest absolute Gasteiger partial charge is 0.0542 e. The Morgan fingerprint density at radius 2 is 1.12 bits per heavy atom. The fourth-order valence-electron chi connectivity index (χ4n) is 1.48. The Labute approximate surface area is 103 Å². The molecule has 2 unspecified atom stereocenters. The Kier molecular flexibility index (Phi) is 7.91. The van der Waals surface area contributed by atoms with Crippen LogP contribution >= 0.6 is 0 Å². The van der Waals surface area contributed by atoms with Gasteiger partial charge in [-0.15, -0.1) is 0 Å². The Bertz CT molecular complexity index is 179. The number of hydrogen-bond acceptors (Lipinski definition) is 5. The van der Waals surface area contributed by atoms with Crippen molar-refractivity contribution in [2.75, 3.05) is 39.6 Å². The van der Waals surface area contributed by atoms with E-state index < -0.39 is 10.8 Å². The van der Waals surface area contributed by atoms with Crippen LogP contribution in [0.3, 0.4) is 0 Å². The monoisotopic (exact) mass is 250 g/mol. The number of ether oxygens (including phenoxy) is 1. The molecule has 0 aliphatic rings. The zero-order valence-electron chi connectivity index (χ0n) is 10.9. The third-order valence-corrected chi connectivity index (χ3v) is 3.10. The maximum atomic E-state index is 9.23. The molecule has 0 amide bonds. The van der Waals surface area contributed by atoms with E-state index in [9.17, 15) is 10.2 Å². The molecule has 0 saturated heterocycles. The highest BCUT2D eigenvalue weighted by Gasteiger charge is 2.27. The minimum Gasteiger partial charge on any atom is -0.396 e. The normalized spacial score (nSPS) is 18.7. The van der Waals surface area contributed by atoms with Gasteiger partial charge in [0.2, 0.25) is 0 Å². The first kappa shape index (κ1) is 16.8. The second kappa shape index (κ2) is 8.00. The van der Waals surface area contributed by atoms with Gasteiger partial charge in [0.15, 0.2) is 0 Å². The molecule has 0 aliphatic carbocycles. The van der Waals surface area contributed by atoms with Gasteiger partial charge >= 0.3 is 0 Å². The predicted octanol–water partition coefficient (Wildman–Crippen LogP) is -0.235. The van der Waals surface area contributed by atoms with E-state index in [1.165, 1.54) is 0 Å². The molecule has 0 rings (SSSR count). The Hall–Kier alpha value is -0.200. The van der Waals surface area contributed by atoms with Crippen molar-refractivity contribution in [3.63, 3.8) is 0 Å². The maximum absolute atomic E-state index is 9.23. The van der Waals surface area contributed by atoms with E-state index in [0.717, 1.165) is 0 Å². The lowest BCUT2D eigenvalue weighted by Crippen LogP contribution is -2.34. The standard InChI is InChI=1S/C12H26O5/c1-11(7-15,3-5-13)9-17-10-12(2,8-16)4-6-14/h13-16H,3-10H2,1-2H3. The van der Waals surface area contributed by atoms with Crippen molar-refractivity contribution in [3.8, 4) is 0 Å². The van der Waals surface area contributed by atoms with Crippen LogP contribution in [-0.2, 0) is 4.74 Å². The molecule has 17 heavy (non-hydrogen) atoms. The van der Waals surface area contributed by atoms with Crippen LogP contribution in [0.15, 0.2) is 0 Å². The van der Waals surface area contributed by atoms with Crippen LogP contribution < -0.4 is 0 Å². The van der Waals surface area contributed by atoms with Crippen molar-refractivity contribution in [1.82, 2.24) is 0 Å². The summed E-state index contributed by atoms with van der Waals surface area (Å²) in [6.45, 7) is 4.24. The summed E-state index contributed by atoms with van der Waals surface area (Å²) < 4.78 is 5.51. The fourth-order valence-corrected chi connectivity index (χ4v) is 1.48. The Morgan fingerprint density at radius 1 is 0.765 bits per heavy atom. The quantitative estimate of drug-likeness (QED) is 0.430. The summed E-state index contributed by atoms with van der Waals surface area (Å²) in [6, 6.07) is 0. The molecule has 0 aromatic rings. The first-order valence-electron chi connectivity index (χ1n) is 5.96. The van der Waals surface area contributed by atoms with Gasteiger partial charge in [-0.2, -0.15) is 0 Å². The van der Waals surface area contributed by atoms with Crippen LogP contribution in [0.4, 0.5) is 0 Å². The van der Waals surface area contributed by atoms with Crippen LogP contribution in [0.25, 0.3) is 0 Å². The van der Waals surface area contributed by atoms with Gasteiger partial charge in [0.1, 0.15) is 0 Å².